The van der Waals surface area contributed by atoms with E-state index >= 15 is 0 Å². The van der Waals surface area contributed by atoms with E-state index in [0.29, 0.717) is 5.01 Å². The number of hydrogen-bond donors (Lipinski definition) is 0. The van der Waals surface area contributed by atoms with Gasteiger partial charge in [0.25, 0.3) is 5.56 Å². The van der Waals surface area contributed by atoms with Crippen LogP contribution in [0.2, 0.25) is 10.0 Å². The van der Waals surface area contributed by atoms with Crippen LogP contribution < -0.4 is 5.56 Å². The van der Waals surface area contributed by atoms with E-state index in [1.165, 1.54) is 17.5 Å². The fourth-order valence-corrected chi connectivity index (χ4v) is 3.74. The first-order valence-electron chi connectivity index (χ1n) is 8.09. The summed E-state index contributed by atoms with van der Waals surface area (Å²) in [5, 5.41) is 4.52. The van der Waals surface area contributed by atoms with Crippen LogP contribution in [0.15, 0.2) is 59.5 Å². The summed E-state index contributed by atoms with van der Waals surface area (Å²) >= 11 is 13.2. The van der Waals surface area contributed by atoms with Gasteiger partial charge < -0.3 is 4.74 Å². The minimum atomic E-state index is -0.624. The van der Waals surface area contributed by atoms with Gasteiger partial charge in [0.15, 0.2) is 0 Å². The van der Waals surface area contributed by atoms with E-state index in [0.717, 1.165) is 14.9 Å². The largest absolute Gasteiger partial charge is 0.455 e. The van der Waals surface area contributed by atoms with Crippen LogP contribution in [0.4, 0.5) is 0 Å². The smallest absolute Gasteiger partial charge is 0.340 e. The number of rotatable bonds is 4. The van der Waals surface area contributed by atoms with Gasteiger partial charge in [-0.3, -0.25) is 4.79 Å². The maximum absolute atomic E-state index is 12.6. The molecule has 140 valence electrons. The van der Waals surface area contributed by atoms with Crippen molar-refractivity contribution < 1.29 is 9.53 Å². The van der Waals surface area contributed by atoms with Gasteiger partial charge in [-0.1, -0.05) is 47.5 Å². The maximum Gasteiger partial charge on any atom is 0.340 e. The Hall–Kier alpha value is -2.74. The molecule has 2 aromatic heterocycles. The van der Waals surface area contributed by atoms with Gasteiger partial charge in [-0.25, -0.2) is 9.78 Å². The predicted octanol–water partition coefficient (Wildman–Crippen LogP) is 4.51. The minimum absolute atomic E-state index is 0.0240. The van der Waals surface area contributed by atoms with Gasteiger partial charge in [0, 0.05) is 0 Å². The highest BCUT2D eigenvalue weighted by Crippen LogP contribution is 2.23. The molecule has 28 heavy (non-hydrogen) atoms. The van der Waals surface area contributed by atoms with E-state index in [9.17, 15) is 9.59 Å². The average molecular weight is 432 g/mol. The Bertz CT molecular complexity index is 1220. The van der Waals surface area contributed by atoms with Gasteiger partial charge >= 0.3 is 5.97 Å². The molecule has 0 fully saturated rings. The Morgan fingerprint density at radius 2 is 1.86 bits per heavy atom. The molecule has 6 nitrogen and oxygen atoms in total. The molecule has 4 aromatic rings. The van der Waals surface area contributed by atoms with E-state index in [4.69, 9.17) is 27.9 Å². The number of hydrogen-bond acceptors (Lipinski definition) is 6. The number of thiazole rings is 1. The molecule has 0 bridgehead atoms. The molecule has 0 amide bonds. The Kier molecular flexibility index (Phi) is 5.13. The van der Waals surface area contributed by atoms with Crippen LogP contribution in [0.3, 0.4) is 0 Å². The number of aromatic nitrogens is 3. The molecule has 2 aromatic carbocycles. The molecule has 9 heteroatoms. The Labute approximate surface area is 172 Å². The number of nitrogens with zero attached hydrogens (tertiary/aromatic N) is 3. The number of para-hydroxylation sites is 2. The molecule has 0 atom stereocenters. The molecule has 0 N–H and O–H groups in total. The maximum atomic E-state index is 12.6. The fourth-order valence-electron chi connectivity index (χ4n) is 2.60. The average Bonchev–Trinajstić information content (AvgIpc) is 3.13. The summed E-state index contributed by atoms with van der Waals surface area (Å²) in [4.78, 5) is 29.4. The summed E-state index contributed by atoms with van der Waals surface area (Å²) in [6.07, 6.45) is 1.24. The van der Waals surface area contributed by atoms with Gasteiger partial charge in [0.1, 0.15) is 16.6 Å². The summed E-state index contributed by atoms with van der Waals surface area (Å²) in [5.41, 5.74) is 0.656. The number of benzene rings is 2. The number of carbonyl (C=O) groups is 1. The first-order chi connectivity index (χ1) is 13.5. The Balaban J connectivity index is 1.62. The first-order valence-corrected chi connectivity index (χ1v) is 9.66. The van der Waals surface area contributed by atoms with Gasteiger partial charge in [0.05, 0.1) is 32.7 Å². The Morgan fingerprint density at radius 1 is 1.11 bits per heavy atom. The molecule has 0 saturated heterocycles. The number of carbonyl (C=O) groups excluding carboxylic acids is 1. The van der Waals surface area contributed by atoms with Crippen LogP contribution >= 0.6 is 34.5 Å². The van der Waals surface area contributed by atoms with Gasteiger partial charge in [0.2, 0.25) is 0 Å². The van der Waals surface area contributed by atoms with Crippen molar-refractivity contribution in [2.24, 2.45) is 0 Å². The standard InChI is InChI=1S/C19H11Cl2N3O3S/c20-12-9-22-24(18(25)17(12)21)14-7-3-1-5-11(14)19(26)27-10-16-23-13-6-2-4-8-15(13)28-16/h1-9H,10H2. The van der Waals surface area contributed by atoms with E-state index in [1.54, 1.807) is 24.3 Å². The number of halogens is 2. The van der Waals surface area contributed by atoms with Crippen LogP contribution in [0.5, 0.6) is 0 Å². The van der Waals surface area contributed by atoms with E-state index < -0.39 is 11.5 Å². The molecule has 0 spiro atoms. The second-order valence-electron chi connectivity index (χ2n) is 5.69. The van der Waals surface area contributed by atoms with E-state index in [1.807, 2.05) is 24.3 Å². The first kappa shape index (κ1) is 18.6. The number of esters is 1. The fraction of sp³-hybridized carbons (Fsp3) is 0.0526. The normalized spacial score (nSPS) is 10.9. The second kappa shape index (κ2) is 7.71. The zero-order valence-electron chi connectivity index (χ0n) is 14.1. The third-order valence-electron chi connectivity index (χ3n) is 3.89. The molecule has 0 aliphatic rings. The molecule has 0 aliphatic heterocycles. The highest BCUT2D eigenvalue weighted by Gasteiger charge is 2.18. The summed E-state index contributed by atoms with van der Waals surface area (Å²) in [6.45, 7) is 0.0240. The predicted molar refractivity (Wildman–Crippen MR) is 109 cm³/mol. The van der Waals surface area contributed by atoms with E-state index in [2.05, 4.69) is 10.1 Å². The topological polar surface area (TPSA) is 74.1 Å². The third-order valence-corrected chi connectivity index (χ3v) is 5.65. The van der Waals surface area contributed by atoms with Crippen LogP contribution in [0.25, 0.3) is 15.9 Å². The summed E-state index contributed by atoms with van der Waals surface area (Å²) in [7, 11) is 0. The lowest BCUT2D eigenvalue weighted by molar-refractivity contribution is 0.0472. The van der Waals surface area contributed by atoms with Crippen molar-refractivity contribution >= 4 is 50.7 Å². The molecule has 0 radical (unpaired) electrons. The van der Waals surface area contributed by atoms with Crippen molar-refractivity contribution in [1.82, 2.24) is 14.8 Å². The lowest BCUT2D eigenvalue weighted by Gasteiger charge is -2.10. The monoisotopic (exact) mass is 431 g/mol. The van der Waals surface area contributed by atoms with Gasteiger partial charge in [-0.2, -0.15) is 9.78 Å². The zero-order valence-corrected chi connectivity index (χ0v) is 16.5. The zero-order chi connectivity index (χ0) is 19.7. The second-order valence-corrected chi connectivity index (χ2v) is 7.59. The van der Waals surface area contributed by atoms with Crippen molar-refractivity contribution in [3.63, 3.8) is 0 Å². The molecule has 2 heterocycles. The van der Waals surface area contributed by atoms with Gasteiger partial charge in [-0.15, -0.1) is 11.3 Å². The summed E-state index contributed by atoms with van der Waals surface area (Å²) in [5.74, 6) is -0.602. The van der Waals surface area contributed by atoms with Crippen LogP contribution in [0, 0.1) is 0 Å². The highest BCUT2D eigenvalue weighted by molar-refractivity contribution is 7.18. The highest BCUT2D eigenvalue weighted by atomic mass is 35.5. The van der Waals surface area contributed by atoms with E-state index in [-0.39, 0.29) is 27.9 Å². The van der Waals surface area contributed by atoms with Crippen molar-refractivity contribution in [3.05, 3.63) is 85.7 Å². The number of ether oxygens (including phenoxy) is 1. The van der Waals surface area contributed by atoms with Crippen LogP contribution in [-0.2, 0) is 11.3 Å². The van der Waals surface area contributed by atoms with Crippen LogP contribution in [0.1, 0.15) is 15.4 Å². The molecular formula is C19H11Cl2N3O3S. The molecule has 0 saturated carbocycles. The number of fused-ring (bicyclic) bond motifs is 1. The molecule has 0 unspecified atom stereocenters. The Morgan fingerprint density at radius 3 is 2.68 bits per heavy atom. The van der Waals surface area contributed by atoms with Crippen molar-refractivity contribution in [1.29, 1.82) is 0 Å². The van der Waals surface area contributed by atoms with Crippen LogP contribution in [-0.4, -0.2) is 20.7 Å². The van der Waals surface area contributed by atoms with Crippen molar-refractivity contribution in [3.8, 4) is 5.69 Å². The van der Waals surface area contributed by atoms with Crippen molar-refractivity contribution in [2.45, 2.75) is 6.61 Å². The minimum Gasteiger partial charge on any atom is -0.455 e. The molecule has 0 aliphatic carbocycles. The molecule has 4 rings (SSSR count). The third kappa shape index (κ3) is 3.52. The lowest BCUT2D eigenvalue weighted by atomic mass is 10.2. The molecular weight excluding hydrogens is 421 g/mol. The van der Waals surface area contributed by atoms with Crippen molar-refractivity contribution in [2.75, 3.05) is 0 Å². The lowest BCUT2D eigenvalue weighted by Crippen LogP contribution is -2.23. The summed E-state index contributed by atoms with van der Waals surface area (Å²) < 4.78 is 7.44. The quantitative estimate of drug-likeness (QED) is 0.444. The SMILES string of the molecule is O=C(OCc1nc2ccccc2s1)c1ccccc1-n1ncc(Cl)c(Cl)c1=O. The van der Waals surface area contributed by atoms with Gasteiger partial charge in [-0.05, 0) is 24.3 Å². The summed E-state index contributed by atoms with van der Waals surface area (Å²) in [6, 6.07) is 14.1.